The van der Waals surface area contributed by atoms with E-state index < -0.39 is 11.7 Å². The van der Waals surface area contributed by atoms with Gasteiger partial charge in [0.15, 0.2) is 16.1 Å². The van der Waals surface area contributed by atoms with E-state index in [9.17, 15) is 9.18 Å². The summed E-state index contributed by atoms with van der Waals surface area (Å²) in [6.07, 6.45) is 3.37. The third kappa shape index (κ3) is 2.55. The molecular formula is C10H5Cl2FN4O. The second-order valence-electron chi connectivity index (χ2n) is 3.14. The van der Waals surface area contributed by atoms with Crippen molar-refractivity contribution in [3.63, 3.8) is 0 Å². The van der Waals surface area contributed by atoms with E-state index in [0.29, 0.717) is 0 Å². The molecule has 0 aliphatic carbocycles. The maximum absolute atomic E-state index is 13.3. The molecule has 0 aliphatic heterocycles. The molecule has 0 bridgehead atoms. The number of anilines is 1. The number of hydrogen-bond donors (Lipinski definition) is 1. The van der Waals surface area contributed by atoms with Gasteiger partial charge in [0, 0.05) is 6.20 Å². The van der Waals surface area contributed by atoms with Gasteiger partial charge in [-0.15, -0.1) is 0 Å². The Bertz CT molecular complexity index is 588. The average Bonchev–Trinajstić information content (AvgIpc) is 2.34. The van der Waals surface area contributed by atoms with Crippen molar-refractivity contribution in [3.05, 3.63) is 46.5 Å². The number of amides is 1. The maximum atomic E-state index is 13.3. The van der Waals surface area contributed by atoms with Gasteiger partial charge in [-0.1, -0.05) is 23.2 Å². The van der Waals surface area contributed by atoms with Crippen molar-refractivity contribution in [2.75, 3.05) is 5.32 Å². The van der Waals surface area contributed by atoms with Crippen LogP contribution in [0, 0.1) is 5.82 Å². The van der Waals surface area contributed by atoms with Crippen LogP contribution in [0.25, 0.3) is 0 Å². The quantitative estimate of drug-likeness (QED) is 0.862. The zero-order valence-electron chi connectivity index (χ0n) is 8.69. The molecule has 2 aromatic heterocycles. The second kappa shape index (κ2) is 5.24. The van der Waals surface area contributed by atoms with Crippen LogP contribution in [0.2, 0.25) is 10.3 Å². The Morgan fingerprint density at radius 3 is 2.56 bits per heavy atom. The molecule has 0 atom stereocenters. The van der Waals surface area contributed by atoms with Crippen molar-refractivity contribution < 1.29 is 9.18 Å². The predicted molar refractivity (Wildman–Crippen MR) is 64.2 cm³/mol. The largest absolute Gasteiger partial charge is 0.317 e. The minimum atomic E-state index is -0.751. The van der Waals surface area contributed by atoms with Crippen LogP contribution in [-0.2, 0) is 0 Å². The summed E-state index contributed by atoms with van der Waals surface area (Å²) in [6.45, 7) is 0. The van der Waals surface area contributed by atoms with Gasteiger partial charge in [0.1, 0.15) is 12.0 Å². The summed E-state index contributed by atoms with van der Waals surface area (Å²) >= 11 is 11.5. The number of carbonyl (C=O) groups excluding carboxylic acids is 1. The van der Waals surface area contributed by atoms with Crippen LogP contribution >= 0.6 is 23.2 Å². The Balaban J connectivity index is 2.30. The van der Waals surface area contributed by atoms with Gasteiger partial charge in [0.2, 0.25) is 0 Å². The summed E-state index contributed by atoms with van der Waals surface area (Å²) in [6, 6.07) is 1.23. The highest BCUT2D eigenvalue weighted by Crippen LogP contribution is 2.26. The van der Waals surface area contributed by atoms with E-state index in [1.54, 1.807) is 0 Å². The highest BCUT2D eigenvalue weighted by molar-refractivity contribution is 6.38. The molecule has 18 heavy (non-hydrogen) atoms. The molecule has 0 spiro atoms. The molecule has 8 heteroatoms. The fraction of sp³-hybridized carbons (Fsp3) is 0. The van der Waals surface area contributed by atoms with Crippen molar-refractivity contribution in [1.82, 2.24) is 15.0 Å². The van der Waals surface area contributed by atoms with Crippen molar-refractivity contribution in [1.29, 1.82) is 0 Å². The number of halogens is 3. The van der Waals surface area contributed by atoms with E-state index in [2.05, 4.69) is 20.3 Å². The number of rotatable bonds is 2. The monoisotopic (exact) mass is 286 g/mol. The number of nitrogens with one attached hydrogen (secondary N) is 1. The number of carbonyl (C=O) groups is 1. The molecule has 92 valence electrons. The van der Waals surface area contributed by atoms with Gasteiger partial charge in [0.25, 0.3) is 5.91 Å². The minimum Gasteiger partial charge on any atom is -0.317 e. The van der Waals surface area contributed by atoms with E-state index in [4.69, 9.17) is 23.2 Å². The second-order valence-corrected chi connectivity index (χ2v) is 3.86. The number of hydrogen-bond acceptors (Lipinski definition) is 4. The summed E-state index contributed by atoms with van der Waals surface area (Å²) in [7, 11) is 0. The predicted octanol–water partition coefficient (Wildman–Crippen LogP) is 2.57. The van der Waals surface area contributed by atoms with Crippen LogP contribution in [-0.4, -0.2) is 20.9 Å². The lowest BCUT2D eigenvalue weighted by molar-refractivity contribution is 0.102. The lowest BCUT2D eigenvalue weighted by Gasteiger charge is -2.07. The minimum absolute atomic E-state index is 0.0297. The maximum Gasteiger partial charge on any atom is 0.258 e. The van der Waals surface area contributed by atoms with Gasteiger partial charge in [-0.25, -0.2) is 14.4 Å². The Labute approximate surface area is 111 Å². The van der Waals surface area contributed by atoms with Crippen molar-refractivity contribution in [2.45, 2.75) is 0 Å². The van der Waals surface area contributed by atoms with Gasteiger partial charge in [-0.3, -0.25) is 9.78 Å². The topological polar surface area (TPSA) is 67.8 Å². The fourth-order valence-corrected chi connectivity index (χ4v) is 1.60. The summed E-state index contributed by atoms with van der Waals surface area (Å²) in [5, 5.41) is 2.28. The van der Waals surface area contributed by atoms with E-state index >= 15 is 0 Å². The molecule has 0 radical (unpaired) electrons. The normalized spacial score (nSPS) is 10.2. The Morgan fingerprint density at radius 1 is 1.28 bits per heavy atom. The number of nitrogens with zero attached hydrogens (tertiary/aromatic N) is 3. The lowest BCUT2D eigenvalue weighted by atomic mass is 10.2. The highest BCUT2D eigenvalue weighted by Gasteiger charge is 2.16. The van der Waals surface area contributed by atoms with E-state index in [0.717, 1.165) is 12.5 Å². The van der Waals surface area contributed by atoms with Crippen molar-refractivity contribution in [2.24, 2.45) is 0 Å². The highest BCUT2D eigenvalue weighted by atomic mass is 35.5. The molecule has 2 heterocycles. The van der Waals surface area contributed by atoms with Gasteiger partial charge >= 0.3 is 0 Å². The van der Waals surface area contributed by atoms with Crippen molar-refractivity contribution >= 4 is 34.8 Å². The van der Waals surface area contributed by atoms with Crippen LogP contribution in [0.1, 0.15) is 10.4 Å². The summed E-state index contributed by atoms with van der Waals surface area (Å²) in [4.78, 5) is 22.6. The van der Waals surface area contributed by atoms with E-state index in [-0.39, 0.29) is 21.6 Å². The average molecular weight is 287 g/mol. The van der Waals surface area contributed by atoms with Gasteiger partial charge in [0.05, 0.1) is 11.8 Å². The van der Waals surface area contributed by atoms with Crippen molar-refractivity contribution in [3.8, 4) is 0 Å². The SMILES string of the molecule is O=C(Nc1c(Cl)ncnc1Cl)c1ccncc1F. The van der Waals surface area contributed by atoms with Crippen LogP contribution in [0.5, 0.6) is 0 Å². The van der Waals surface area contributed by atoms with Crippen LogP contribution in [0.15, 0.2) is 24.8 Å². The van der Waals surface area contributed by atoms with E-state index in [1.807, 2.05) is 0 Å². The van der Waals surface area contributed by atoms with Gasteiger partial charge < -0.3 is 5.32 Å². The first-order chi connectivity index (χ1) is 8.59. The molecule has 5 nitrogen and oxygen atoms in total. The fourth-order valence-electron chi connectivity index (χ4n) is 1.19. The molecule has 1 N–H and O–H groups in total. The summed E-state index contributed by atoms with van der Waals surface area (Å²) in [5.74, 6) is -1.47. The molecule has 2 aromatic rings. The molecule has 0 aliphatic rings. The van der Waals surface area contributed by atoms with E-state index in [1.165, 1.54) is 12.3 Å². The van der Waals surface area contributed by atoms with Crippen LogP contribution in [0.4, 0.5) is 10.1 Å². The Kier molecular flexibility index (Phi) is 3.69. The zero-order valence-corrected chi connectivity index (χ0v) is 10.2. The third-order valence-corrected chi connectivity index (χ3v) is 2.58. The molecule has 0 saturated carbocycles. The summed E-state index contributed by atoms with van der Waals surface area (Å²) < 4.78 is 13.3. The zero-order chi connectivity index (χ0) is 13.1. The van der Waals surface area contributed by atoms with Gasteiger partial charge in [-0.05, 0) is 6.07 Å². The van der Waals surface area contributed by atoms with Crippen LogP contribution in [0.3, 0.4) is 0 Å². The number of aromatic nitrogens is 3. The Hall–Kier alpha value is -1.79. The van der Waals surface area contributed by atoms with Crippen LogP contribution < -0.4 is 5.32 Å². The molecule has 0 aromatic carbocycles. The molecule has 0 unspecified atom stereocenters. The van der Waals surface area contributed by atoms with Gasteiger partial charge in [-0.2, -0.15) is 0 Å². The first-order valence-corrected chi connectivity index (χ1v) is 5.42. The molecule has 0 saturated heterocycles. The first-order valence-electron chi connectivity index (χ1n) is 4.66. The molecule has 1 amide bonds. The first kappa shape index (κ1) is 12.7. The smallest absolute Gasteiger partial charge is 0.258 e. The molecular weight excluding hydrogens is 282 g/mol. The Morgan fingerprint density at radius 2 is 1.94 bits per heavy atom. The lowest BCUT2D eigenvalue weighted by Crippen LogP contribution is -2.15. The molecule has 2 rings (SSSR count). The number of pyridine rings is 1. The third-order valence-electron chi connectivity index (χ3n) is 2.01. The summed E-state index contributed by atoms with van der Waals surface area (Å²) in [5.41, 5.74) is -0.150. The standard InChI is InChI=1S/C10H5Cl2FN4O/c11-8-7(9(12)16-4-15-8)17-10(18)5-1-2-14-3-6(5)13/h1-4H,(H,17,18). The molecule has 0 fully saturated rings.